The van der Waals surface area contributed by atoms with Gasteiger partial charge in [-0.25, -0.2) is 0 Å². The van der Waals surface area contributed by atoms with Crippen LogP contribution in [0.5, 0.6) is 0 Å². The normalized spacial score (nSPS) is 41.3. The fourth-order valence-corrected chi connectivity index (χ4v) is 3.59. The first-order valence-electron chi connectivity index (χ1n) is 6.74. The van der Waals surface area contributed by atoms with E-state index >= 15 is 0 Å². The molecule has 0 aromatic heterocycles. The van der Waals surface area contributed by atoms with Crippen molar-refractivity contribution in [3.8, 4) is 0 Å². The summed E-state index contributed by atoms with van der Waals surface area (Å²) in [6, 6.07) is 0. The Morgan fingerprint density at radius 2 is 2.16 bits per heavy atom. The van der Waals surface area contributed by atoms with Gasteiger partial charge in [0.15, 0.2) is 0 Å². The minimum atomic E-state index is -0.342. The van der Waals surface area contributed by atoms with E-state index in [9.17, 15) is 14.4 Å². The van der Waals surface area contributed by atoms with E-state index < -0.39 is 0 Å². The van der Waals surface area contributed by atoms with Gasteiger partial charge in [-0.3, -0.25) is 9.59 Å². The largest absolute Gasteiger partial charge is 0.466 e. The minimum absolute atomic E-state index is 0.0281. The van der Waals surface area contributed by atoms with E-state index in [2.05, 4.69) is 0 Å². The molecule has 2 aliphatic rings. The highest BCUT2D eigenvalue weighted by Gasteiger charge is 2.53. The Hall–Kier alpha value is -1.39. The molecule has 19 heavy (non-hydrogen) atoms. The number of ether oxygens (including phenoxy) is 2. The molecule has 1 saturated carbocycles. The molecule has 0 amide bonds. The van der Waals surface area contributed by atoms with Gasteiger partial charge in [-0.05, 0) is 19.3 Å². The van der Waals surface area contributed by atoms with Gasteiger partial charge >= 0.3 is 11.9 Å². The fourth-order valence-electron chi connectivity index (χ4n) is 3.59. The molecule has 1 aliphatic heterocycles. The van der Waals surface area contributed by atoms with E-state index in [1.807, 2.05) is 13.8 Å². The summed E-state index contributed by atoms with van der Waals surface area (Å²) in [6.07, 6.45) is 1.37. The Kier molecular flexibility index (Phi) is 3.92. The van der Waals surface area contributed by atoms with Crippen LogP contribution in [0.15, 0.2) is 0 Å². The second-order valence-corrected chi connectivity index (χ2v) is 5.72. The lowest BCUT2D eigenvalue weighted by Crippen LogP contribution is -2.44. The van der Waals surface area contributed by atoms with Crippen LogP contribution < -0.4 is 0 Å². The van der Waals surface area contributed by atoms with Crippen molar-refractivity contribution in [3.05, 3.63) is 0 Å². The Morgan fingerprint density at radius 3 is 2.74 bits per heavy atom. The Morgan fingerprint density at radius 1 is 1.47 bits per heavy atom. The quantitative estimate of drug-likeness (QED) is 0.568. The van der Waals surface area contributed by atoms with Crippen LogP contribution in [-0.2, 0) is 23.9 Å². The summed E-state index contributed by atoms with van der Waals surface area (Å²) in [7, 11) is 0. The molecule has 106 valence electrons. The number of carbonyl (C=O) groups excluding carboxylic acids is 3. The minimum Gasteiger partial charge on any atom is -0.466 e. The van der Waals surface area contributed by atoms with Crippen molar-refractivity contribution >= 4 is 18.2 Å². The average molecular weight is 268 g/mol. The summed E-state index contributed by atoms with van der Waals surface area (Å²) >= 11 is 0. The van der Waals surface area contributed by atoms with Crippen molar-refractivity contribution < 1.29 is 23.9 Å². The maximum atomic E-state index is 11.8. The molecule has 2 fully saturated rings. The van der Waals surface area contributed by atoms with Gasteiger partial charge < -0.3 is 14.3 Å². The molecule has 2 rings (SSSR count). The molecule has 0 aromatic rings. The molecule has 0 radical (unpaired) electrons. The number of aldehydes is 1. The number of rotatable bonds is 3. The lowest BCUT2D eigenvalue weighted by atomic mass is 9.62. The van der Waals surface area contributed by atoms with Crippen LogP contribution >= 0.6 is 0 Å². The molecule has 5 nitrogen and oxygen atoms in total. The maximum absolute atomic E-state index is 11.8. The van der Waals surface area contributed by atoms with E-state index in [4.69, 9.17) is 9.47 Å². The Balaban J connectivity index is 2.18. The molecule has 0 N–H and O–H groups in total. The topological polar surface area (TPSA) is 69.7 Å². The zero-order valence-electron chi connectivity index (χ0n) is 11.5. The van der Waals surface area contributed by atoms with E-state index in [-0.39, 0.29) is 54.2 Å². The van der Waals surface area contributed by atoms with Crippen molar-refractivity contribution in [1.82, 2.24) is 0 Å². The average Bonchev–Trinajstić information content (AvgIpc) is 2.61. The van der Waals surface area contributed by atoms with Crippen LogP contribution in [0.25, 0.3) is 0 Å². The predicted molar refractivity (Wildman–Crippen MR) is 66.0 cm³/mol. The van der Waals surface area contributed by atoms with Crippen molar-refractivity contribution in [2.75, 3.05) is 6.61 Å². The molecule has 6 atom stereocenters. The summed E-state index contributed by atoms with van der Waals surface area (Å²) in [5.74, 6) is -0.953. The lowest BCUT2D eigenvalue weighted by molar-refractivity contribution is -0.148. The predicted octanol–water partition coefficient (Wildman–Crippen LogP) is 1.20. The number of esters is 2. The number of hydrogen-bond acceptors (Lipinski definition) is 5. The highest BCUT2D eigenvalue weighted by Crippen LogP contribution is 2.47. The maximum Gasteiger partial charge on any atom is 0.309 e. The van der Waals surface area contributed by atoms with Gasteiger partial charge in [0.1, 0.15) is 12.4 Å². The first kappa shape index (κ1) is 14.0. The molecule has 1 aliphatic carbocycles. The van der Waals surface area contributed by atoms with Crippen LogP contribution in [-0.4, -0.2) is 30.9 Å². The fraction of sp³-hybridized carbons (Fsp3) is 0.786. The van der Waals surface area contributed by atoms with Crippen molar-refractivity contribution in [2.45, 2.75) is 33.3 Å². The molecule has 0 spiro atoms. The molecule has 1 heterocycles. The van der Waals surface area contributed by atoms with E-state index in [1.54, 1.807) is 0 Å². The highest BCUT2D eigenvalue weighted by molar-refractivity contribution is 5.77. The van der Waals surface area contributed by atoms with Crippen LogP contribution in [0.4, 0.5) is 0 Å². The van der Waals surface area contributed by atoms with Gasteiger partial charge in [0.2, 0.25) is 0 Å². The van der Waals surface area contributed by atoms with Gasteiger partial charge in [-0.15, -0.1) is 0 Å². The summed E-state index contributed by atoms with van der Waals surface area (Å²) in [5, 5.41) is 0. The van der Waals surface area contributed by atoms with E-state index in [0.29, 0.717) is 6.42 Å². The molecule has 0 aromatic carbocycles. The summed E-state index contributed by atoms with van der Waals surface area (Å²) in [4.78, 5) is 34.2. The van der Waals surface area contributed by atoms with Gasteiger partial charge in [0, 0.05) is 24.7 Å². The highest BCUT2D eigenvalue weighted by atomic mass is 16.6. The van der Waals surface area contributed by atoms with Crippen LogP contribution in [0.2, 0.25) is 0 Å². The third kappa shape index (κ3) is 2.51. The second kappa shape index (κ2) is 5.31. The zero-order valence-corrected chi connectivity index (χ0v) is 11.5. The van der Waals surface area contributed by atoms with Crippen LogP contribution in [0, 0.1) is 29.6 Å². The summed E-state index contributed by atoms with van der Waals surface area (Å²) < 4.78 is 10.3. The van der Waals surface area contributed by atoms with Gasteiger partial charge in [-0.2, -0.15) is 0 Å². The summed E-state index contributed by atoms with van der Waals surface area (Å²) in [6.45, 7) is 5.43. The van der Waals surface area contributed by atoms with Crippen molar-refractivity contribution in [1.29, 1.82) is 0 Å². The smallest absolute Gasteiger partial charge is 0.309 e. The number of hydrogen-bond donors (Lipinski definition) is 0. The van der Waals surface area contributed by atoms with Crippen molar-refractivity contribution in [2.24, 2.45) is 29.6 Å². The van der Waals surface area contributed by atoms with Crippen LogP contribution in [0.1, 0.15) is 27.2 Å². The molecular formula is C14H20O5. The molecule has 1 unspecified atom stereocenters. The standard InChI is InChI=1S/C14H20O5/c1-7-4-10-13(8(2)19-14(10)17)11(5-15)12(7)6-18-9(3)16/h5,7-8,10-13H,4,6H2,1-3H3/t7-,8+,10+,11-,12?,13+/m0/s1. The second-order valence-electron chi connectivity index (χ2n) is 5.72. The van der Waals surface area contributed by atoms with Gasteiger partial charge in [0.05, 0.1) is 12.5 Å². The Bertz CT molecular complexity index is 391. The molecule has 0 bridgehead atoms. The third-order valence-electron chi connectivity index (χ3n) is 4.54. The summed E-state index contributed by atoms with van der Waals surface area (Å²) in [5.41, 5.74) is 0. The first-order valence-corrected chi connectivity index (χ1v) is 6.74. The third-order valence-corrected chi connectivity index (χ3v) is 4.54. The lowest BCUT2D eigenvalue weighted by Gasteiger charge is -2.40. The number of carbonyl (C=O) groups is 3. The van der Waals surface area contributed by atoms with Crippen molar-refractivity contribution in [3.63, 3.8) is 0 Å². The SMILES string of the molecule is CC(=O)OCC1[C@@H](C)C[C@H]2C(=O)O[C@H](C)[C@H]2[C@H]1C=O. The number of fused-ring (bicyclic) bond motifs is 1. The van der Waals surface area contributed by atoms with Gasteiger partial charge in [-0.1, -0.05) is 6.92 Å². The first-order chi connectivity index (χ1) is 8.95. The van der Waals surface area contributed by atoms with Gasteiger partial charge in [0.25, 0.3) is 0 Å². The van der Waals surface area contributed by atoms with E-state index in [0.717, 1.165) is 6.29 Å². The zero-order chi connectivity index (χ0) is 14.2. The molecule has 1 saturated heterocycles. The van der Waals surface area contributed by atoms with Crippen LogP contribution in [0.3, 0.4) is 0 Å². The molecule has 5 heteroatoms. The number of cyclic esters (lactones) is 1. The Labute approximate surface area is 112 Å². The molecular weight excluding hydrogens is 248 g/mol. The monoisotopic (exact) mass is 268 g/mol. The van der Waals surface area contributed by atoms with E-state index in [1.165, 1.54) is 6.92 Å².